The highest BCUT2D eigenvalue weighted by Crippen LogP contribution is 2.36. The molecule has 0 spiro atoms. The van der Waals surface area contributed by atoms with Gasteiger partial charge in [-0.15, -0.1) is 0 Å². The third-order valence-electron chi connectivity index (χ3n) is 3.31. The minimum Gasteiger partial charge on any atom is -0.454 e. The predicted octanol–water partition coefficient (Wildman–Crippen LogP) is 3.07. The zero-order valence-corrected chi connectivity index (χ0v) is 13.0. The lowest BCUT2D eigenvalue weighted by molar-refractivity contribution is -0.118. The van der Waals surface area contributed by atoms with Crippen LogP contribution in [0.1, 0.15) is 33.1 Å². The molecule has 0 fully saturated rings. The smallest absolute Gasteiger partial charge is 0.248 e. The predicted molar refractivity (Wildman–Crippen MR) is 81.7 cm³/mol. The van der Waals surface area contributed by atoms with Crippen LogP contribution < -0.4 is 14.3 Å². The first-order chi connectivity index (χ1) is 10.2. The molecule has 21 heavy (non-hydrogen) atoms. The van der Waals surface area contributed by atoms with Crippen molar-refractivity contribution in [2.75, 3.05) is 6.79 Å². The fourth-order valence-electron chi connectivity index (χ4n) is 2.36. The molecule has 1 aromatic carbocycles. The van der Waals surface area contributed by atoms with Gasteiger partial charge in [0, 0.05) is 25.1 Å². The summed E-state index contributed by atoms with van der Waals surface area (Å²) in [5, 5.41) is 0. The van der Waals surface area contributed by atoms with Crippen molar-refractivity contribution in [2.45, 2.75) is 39.7 Å². The van der Waals surface area contributed by atoms with E-state index in [4.69, 9.17) is 9.47 Å². The van der Waals surface area contributed by atoms with Crippen LogP contribution >= 0.6 is 11.3 Å². The van der Waals surface area contributed by atoms with Crippen molar-refractivity contribution in [1.29, 1.82) is 0 Å². The second-order valence-corrected chi connectivity index (χ2v) is 5.97. The van der Waals surface area contributed by atoms with Crippen LogP contribution in [0.4, 0.5) is 0 Å². The maximum absolute atomic E-state index is 11.8. The SMILES string of the molecule is CCCC(=O)N=c1sc2cc3c(cc2n1CCC)OCO3. The van der Waals surface area contributed by atoms with E-state index in [1.54, 1.807) is 0 Å². The number of rotatable bonds is 4. The molecule has 6 heteroatoms. The Hall–Kier alpha value is -1.82. The van der Waals surface area contributed by atoms with Gasteiger partial charge >= 0.3 is 0 Å². The number of thiazole rings is 1. The molecule has 1 aliphatic rings. The van der Waals surface area contributed by atoms with E-state index in [9.17, 15) is 4.79 Å². The number of carbonyl (C=O) groups is 1. The molecule has 0 atom stereocenters. The molecular formula is C15H18N2O3S. The van der Waals surface area contributed by atoms with Crippen LogP contribution in [0.5, 0.6) is 11.5 Å². The Kier molecular flexibility index (Phi) is 3.96. The molecular weight excluding hydrogens is 288 g/mol. The summed E-state index contributed by atoms with van der Waals surface area (Å²) in [6, 6.07) is 3.95. The van der Waals surface area contributed by atoms with Gasteiger partial charge in [0.15, 0.2) is 16.3 Å². The Balaban J connectivity index is 2.16. The number of carbonyl (C=O) groups excluding carboxylic acids is 1. The van der Waals surface area contributed by atoms with Crippen LogP contribution in [0.2, 0.25) is 0 Å². The van der Waals surface area contributed by atoms with Crippen LogP contribution in [-0.2, 0) is 11.3 Å². The number of benzene rings is 1. The van der Waals surface area contributed by atoms with E-state index in [1.165, 1.54) is 11.3 Å². The molecule has 0 saturated carbocycles. The lowest BCUT2D eigenvalue weighted by atomic mass is 10.3. The molecule has 2 aromatic rings. The highest BCUT2D eigenvalue weighted by atomic mass is 32.1. The summed E-state index contributed by atoms with van der Waals surface area (Å²) in [6.07, 6.45) is 2.29. The lowest BCUT2D eigenvalue weighted by Crippen LogP contribution is -2.16. The topological polar surface area (TPSA) is 52.8 Å². The zero-order chi connectivity index (χ0) is 14.8. The second-order valence-electron chi connectivity index (χ2n) is 4.97. The van der Waals surface area contributed by atoms with Gasteiger partial charge in [-0.2, -0.15) is 4.99 Å². The summed E-state index contributed by atoms with van der Waals surface area (Å²) in [5.41, 5.74) is 1.05. The number of aromatic nitrogens is 1. The van der Waals surface area contributed by atoms with Gasteiger partial charge in [0.2, 0.25) is 12.7 Å². The number of nitrogens with zero attached hydrogens (tertiary/aromatic N) is 2. The fraction of sp³-hybridized carbons (Fsp3) is 0.467. The Morgan fingerprint density at radius 1 is 1.29 bits per heavy atom. The highest BCUT2D eigenvalue weighted by molar-refractivity contribution is 7.16. The van der Waals surface area contributed by atoms with Gasteiger partial charge in [0.1, 0.15) is 0 Å². The first-order valence-electron chi connectivity index (χ1n) is 7.23. The average Bonchev–Trinajstić information content (AvgIpc) is 3.02. The first kappa shape index (κ1) is 14.1. The van der Waals surface area contributed by atoms with Crippen molar-refractivity contribution < 1.29 is 14.3 Å². The van der Waals surface area contributed by atoms with Crippen molar-refractivity contribution in [2.24, 2.45) is 4.99 Å². The van der Waals surface area contributed by atoms with E-state index in [-0.39, 0.29) is 12.7 Å². The minimum atomic E-state index is -0.0612. The number of amides is 1. The molecule has 1 amide bonds. The van der Waals surface area contributed by atoms with Crippen molar-refractivity contribution in [1.82, 2.24) is 4.57 Å². The normalized spacial score (nSPS) is 14.1. The average molecular weight is 306 g/mol. The van der Waals surface area contributed by atoms with Gasteiger partial charge in [-0.25, -0.2) is 0 Å². The molecule has 1 aliphatic heterocycles. The second kappa shape index (κ2) is 5.89. The molecule has 3 rings (SSSR count). The first-order valence-corrected chi connectivity index (χ1v) is 8.05. The summed E-state index contributed by atoms with van der Waals surface area (Å²) in [7, 11) is 0. The van der Waals surface area contributed by atoms with Crippen LogP contribution in [0.3, 0.4) is 0 Å². The Labute approximate surface area is 126 Å². The quantitative estimate of drug-likeness (QED) is 0.872. The van der Waals surface area contributed by atoms with E-state index in [0.717, 1.165) is 45.9 Å². The lowest BCUT2D eigenvalue weighted by Gasteiger charge is -2.03. The molecule has 2 heterocycles. The van der Waals surface area contributed by atoms with E-state index in [0.29, 0.717) is 6.42 Å². The summed E-state index contributed by atoms with van der Waals surface area (Å²) >= 11 is 1.52. The molecule has 112 valence electrons. The van der Waals surface area contributed by atoms with Crippen LogP contribution in [0, 0.1) is 0 Å². The molecule has 0 saturated heterocycles. The maximum atomic E-state index is 11.8. The third kappa shape index (κ3) is 2.68. The molecule has 5 nitrogen and oxygen atoms in total. The van der Waals surface area contributed by atoms with E-state index < -0.39 is 0 Å². The number of hydrogen-bond donors (Lipinski definition) is 0. The van der Waals surface area contributed by atoms with Crippen LogP contribution in [-0.4, -0.2) is 17.3 Å². The molecule has 1 aromatic heterocycles. The Morgan fingerprint density at radius 3 is 2.76 bits per heavy atom. The Morgan fingerprint density at radius 2 is 2.05 bits per heavy atom. The largest absolute Gasteiger partial charge is 0.454 e. The summed E-state index contributed by atoms with van der Waals surface area (Å²) in [5.74, 6) is 1.46. The van der Waals surface area contributed by atoms with Crippen LogP contribution in [0.15, 0.2) is 17.1 Å². The number of ether oxygens (including phenoxy) is 2. The Bertz CT molecular complexity index is 745. The van der Waals surface area contributed by atoms with Gasteiger partial charge < -0.3 is 14.0 Å². The van der Waals surface area contributed by atoms with Gasteiger partial charge in [-0.05, 0) is 12.8 Å². The number of fused-ring (bicyclic) bond motifs is 2. The summed E-state index contributed by atoms with van der Waals surface area (Å²) < 4.78 is 14.0. The van der Waals surface area contributed by atoms with Crippen molar-refractivity contribution in [3.8, 4) is 11.5 Å². The standard InChI is InChI=1S/C15H18N2O3S/c1-3-5-14(18)16-15-17(6-4-2)10-7-11-12(20-9-19-11)8-13(10)21-15/h7-8H,3-6,9H2,1-2H3. The van der Waals surface area contributed by atoms with E-state index >= 15 is 0 Å². The molecule has 0 unspecified atom stereocenters. The van der Waals surface area contributed by atoms with Gasteiger partial charge in [-0.1, -0.05) is 25.2 Å². The minimum absolute atomic E-state index is 0.0612. The van der Waals surface area contributed by atoms with Gasteiger partial charge in [0.05, 0.1) is 10.2 Å². The molecule has 0 aliphatic carbocycles. The van der Waals surface area contributed by atoms with Gasteiger partial charge in [-0.3, -0.25) is 4.79 Å². The van der Waals surface area contributed by atoms with E-state index in [2.05, 4.69) is 16.5 Å². The van der Waals surface area contributed by atoms with Gasteiger partial charge in [0.25, 0.3) is 0 Å². The van der Waals surface area contributed by atoms with Crippen LogP contribution in [0.25, 0.3) is 10.2 Å². The number of aryl methyl sites for hydroxylation is 1. The summed E-state index contributed by atoms with van der Waals surface area (Å²) in [6.45, 7) is 5.20. The zero-order valence-electron chi connectivity index (χ0n) is 12.2. The fourth-order valence-corrected chi connectivity index (χ4v) is 3.44. The monoisotopic (exact) mass is 306 g/mol. The number of hydrogen-bond acceptors (Lipinski definition) is 4. The highest BCUT2D eigenvalue weighted by Gasteiger charge is 2.17. The van der Waals surface area contributed by atoms with Crippen molar-refractivity contribution in [3.63, 3.8) is 0 Å². The molecule has 0 N–H and O–H groups in total. The third-order valence-corrected chi connectivity index (χ3v) is 4.35. The van der Waals surface area contributed by atoms with Crippen molar-refractivity contribution >= 4 is 27.5 Å². The van der Waals surface area contributed by atoms with Crippen molar-refractivity contribution in [3.05, 3.63) is 16.9 Å². The molecule has 0 bridgehead atoms. The maximum Gasteiger partial charge on any atom is 0.248 e. The molecule has 0 radical (unpaired) electrons. The summed E-state index contributed by atoms with van der Waals surface area (Å²) in [4.78, 5) is 16.9. The van der Waals surface area contributed by atoms with E-state index in [1.807, 2.05) is 19.1 Å².